The summed E-state index contributed by atoms with van der Waals surface area (Å²) in [5, 5.41) is 4.72. The van der Waals surface area contributed by atoms with Gasteiger partial charge in [-0.05, 0) is 29.8 Å². The van der Waals surface area contributed by atoms with Gasteiger partial charge in [-0.25, -0.2) is 4.98 Å². The molecule has 0 fully saturated rings. The van der Waals surface area contributed by atoms with Gasteiger partial charge in [-0.2, -0.15) is 13.5 Å². The molecule has 9 nitrogen and oxygen atoms in total. The fourth-order valence-electron chi connectivity index (χ4n) is 3.86. The third-order valence-corrected chi connectivity index (χ3v) is 6.69. The predicted octanol–water partition coefficient (Wildman–Crippen LogP) is 2.60. The number of aromatic nitrogens is 4. The second-order valence-electron chi connectivity index (χ2n) is 7.60. The van der Waals surface area contributed by atoms with Crippen LogP contribution in [-0.4, -0.2) is 47.9 Å². The number of nitrogens with zero attached hydrogens (tertiary/aromatic N) is 5. The van der Waals surface area contributed by atoms with Crippen molar-refractivity contribution in [3.05, 3.63) is 48.9 Å². The summed E-state index contributed by atoms with van der Waals surface area (Å²) in [6.45, 7) is 1.46. The highest BCUT2D eigenvalue weighted by Crippen LogP contribution is 2.39. The second kappa shape index (κ2) is 7.02. The zero-order valence-electron chi connectivity index (χ0n) is 17.4. The van der Waals surface area contributed by atoms with Crippen LogP contribution in [0.5, 0.6) is 5.75 Å². The number of nitrogens with one attached hydrogen (secondary N) is 1. The van der Waals surface area contributed by atoms with Gasteiger partial charge in [-0.15, -0.1) is 0 Å². The monoisotopic (exact) mass is 438 g/mol. The molecule has 0 saturated carbocycles. The SMILES string of the molecule is CN1CCOc2ccc(-c3cn(C)c4nccc(NS(=O)(=O)c5ccn(C)n5)c34)cc21. The van der Waals surface area contributed by atoms with E-state index in [4.69, 9.17) is 4.74 Å². The van der Waals surface area contributed by atoms with Gasteiger partial charge in [0.15, 0.2) is 5.03 Å². The molecule has 1 aliphatic rings. The lowest BCUT2D eigenvalue weighted by atomic mass is 10.0. The van der Waals surface area contributed by atoms with E-state index in [1.54, 1.807) is 25.5 Å². The minimum Gasteiger partial charge on any atom is -0.490 e. The minimum atomic E-state index is -3.84. The van der Waals surface area contributed by atoms with Crippen molar-refractivity contribution in [2.75, 3.05) is 29.8 Å². The zero-order valence-corrected chi connectivity index (χ0v) is 18.2. The van der Waals surface area contributed by atoms with Gasteiger partial charge in [0.05, 0.1) is 23.3 Å². The average Bonchev–Trinajstić information content (AvgIpc) is 3.33. The Hall–Kier alpha value is -3.53. The number of sulfonamides is 1. The predicted molar refractivity (Wildman–Crippen MR) is 119 cm³/mol. The first kappa shape index (κ1) is 19.4. The van der Waals surface area contributed by atoms with Gasteiger partial charge in [0, 0.05) is 45.3 Å². The molecule has 0 aliphatic carbocycles. The highest BCUT2D eigenvalue weighted by atomic mass is 32.2. The van der Waals surface area contributed by atoms with Gasteiger partial charge in [0.2, 0.25) is 0 Å². The second-order valence-corrected chi connectivity index (χ2v) is 9.23. The topological polar surface area (TPSA) is 94.3 Å². The summed E-state index contributed by atoms with van der Waals surface area (Å²) in [7, 11) is 1.75. The van der Waals surface area contributed by atoms with E-state index in [1.165, 1.54) is 10.7 Å². The van der Waals surface area contributed by atoms with E-state index >= 15 is 0 Å². The molecule has 4 aromatic rings. The van der Waals surface area contributed by atoms with Gasteiger partial charge in [-0.3, -0.25) is 9.40 Å². The van der Waals surface area contributed by atoms with Crippen molar-refractivity contribution in [2.45, 2.75) is 5.03 Å². The third kappa shape index (κ3) is 3.28. The van der Waals surface area contributed by atoms with Crippen LogP contribution in [0.4, 0.5) is 11.4 Å². The van der Waals surface area contributed by atoms with E-state index in [9.17, 15) is 8.42 Å². The molecular formula is C21H22N6O3S. The van der Waals surface area contributed by atoms with Crippen LogP contribution in [-0.2, 0) is 24.1 Å². The third-order valence-electron chi connectivity index (χ3n) is 5.43. The Morgan fingerprint density at radius 3 is 2.74 bits per heavy atom. The number of benzene rings is 1. The molecule has 0 saturated heterocycles. The Bertz CT molecular complexity index is 1410. The van der Waals surface area contributed by atoms with E-state index < -0.39 is 10.0 Å². The maximum Gasteiger partial charge on any atom is 0.281 e. The fraction of sp³-hybridized carbons (Fsp3) is 0.238. The van der Waals surface area contributed by atoms with Gasteiger partial charge in [-0.1, -0.05) is 6.07 Å². The summed E-state index contributed by atoms with van der Waals surface area (Å²) in [5.41, 5.74) is 3.96. The number of likely N-dealkylation sites (N-methyl/N-ethyl adjacent to an activating group) is 1. The van der Waals surface area contributed by atoms with Crippen LogP contribution in [0.1, 0.15) is 0 Å². The fourth-order valence-corrected chi connectivity index (χ4v) is 4.90. The molecule has 1 aromatic carbocycles. The molecule has 0 unspecified atom stereocenters. The van der Waals surface area contributed by atoms with Crippen LogP contribution in [0.25, 0.3) is 22.2 Å². The van der Waals surface area contributed by atoms with Gasteiger partial charge < -0.3 is 14.2 Å². The quantitative estimate of drug-likeness (QED) is 0.526. The van der Waals surface area contributed by atoms with E-state index in [2.05, 4.69) is 25.8 Å². The Balaban J connectivity index is 1.65. The van der Waals surface area contributed by atoms with E-state index in [-0.39, 0.29) is 5.03 Å². The van der Waals surface area contributed by atoms with Crippen molar-refractivity contribution in [3.8, 4) is 16.9 Å². The molecule has 1 N–H and O–H groups in total. The number of pyridine rings is 1. The Morgan fingerprint density at radius 1 is 1.13 bits per heavy atom. The van der Waals surface area contributed by atoms with Crippen LogP contribution in [0.2, 0.25) is 0 Å². The van der Waals surface area contributed by atoms with E-state index in [1.807, 2.05) is 37.0 Å². The Labute approximate surface area is 179 Å². The lowest BCUT2D eigenvalue weighted by Crippen LogP contribution is -2.28. The van der Waals surface area contributed by atoms with Crippen molar-refractivity contribution >= 4 is 32.4 Å². The maximum atomic E-state index is 12.9. The summed E-state index contributed by atoms with van der Waals surface area (Å²) >= 11 is 0. The van der Waals surface area contributed by atoms with Gasteiger partial charge >= 0.3 is 0 Å². The van der Waals surface area contributed by atoms with E-state index in [0.29, 0.717) is 17.9 Å². The largest absolute Gasteiger partial charge is 0.490 e. The molecule has 0 bridgehead atoms. The first-order chi connectivity index (χ1) is 14.8. The summed E-state index contributed by atoms with van der Waals surface area (Å²) < 4.78 is 37.6. The summed E-state index contributed by atoms with van der Waals surface area (Å²) in [6, 6.07) is 9.13. The van der Waals surface area contributed by atoms with Crippen molar-refractivity contribution in [1.82, 2.24) is 19.3 Å². The number of hydrogen-bond acceptors (Lipinski definition) is 6. The summed E-state index contributed by atoms with van der Waals surface area (Å²) in [4.78, 5) is 6.62. The average molecular weight is 439 g/mol. The zero-order chi connectivity index (χ0) is 21.8. The smallest absolute Gasteiger partial charge is 0.281 e. The number of rotatable bonds is 4. The van der Waals surface area contributed by atoms with Crippen LogP contribution in [0, 0.1) is 0 Å². The highest BCUT2D eigenvalue weighted by Gasteiger charge is 2.22. The van der Waals surface area contributed by atoms with Crippen molar-refractivity contribution < 1.29 is 13.2 Å². The van der Waals surface area contributed by atoms with Crippen molar-refractivity contribution in [2.24, 2.45) is 14.1 Å². The number of fused-ring (bicyclic) bond motifs is 2. The number of aryl methyl sites for hydroxylation is 2. The van der Waals surface area contributed by atoms with Gasteiger partial charge in [0.1, 0.15) is 18.0 Å². The molecule has 31 heavy (non-hydrogen) atoms. The molecule has 3 aromatic heterocycles. The summed E-state index contributed by atoms with van der Waals surface area (Å²) in [6.07, 6.45) is 5.15. The van der Waals surface area contributed by atoms with Crippen LogP contribution < -0.4 is 14.4 Å². The molecule has 160 valence electrons. The maximum absolute atomic E-state index is 12.9. The Kier molecular flexibility index (Phi) is 4.40. The van der Waals surface area contributed by atoms with Crippen molar-refractivity contribution in [3.63, 3.8) is 0 Å². The molecule has 0 spiro atoms. The molecular weight excluding hydrogens is 416 g/mol. The summed E-state index contributed by atoms with van der Waals surface area (Å²) in [5.74, 6) is 0.840. The molecule has 0 amide bonds. The highest BCUT2D eigenvalue weighted by molar-refractivity contribution is 7.92. The molecule has 0 atom stereocenters. The molecule has 1 aliphatic heterocycles. The normalized spacial score (nSPS) is 13.8. The van der Waals surface area contributed by atoms with E-state index in [0.717, 1.165) is 34.5 Å². The first-order valence-corrected chi connectivity index (χ1v) is 11.3. The lowest BCUT2D eigenvalue weighted by Gasteiger charge is -2.28. The van der Waals surface area contributed by atoms with Crippen molar-refractivity contribution in [1.29, 1.82) is 0 Å². The molecule has 0 radical (unpaired) electrons. The molecule has 4 heterocycles. The van der Waals surface area contributed by atoms with Crippen LogP contribution >= 0.6 is 0 Å². The standard InChI is InChI=1S/C21H22N6O3S/c1-25-10-11-30-18-5-4-14(12-17(18)25)15-13-26(2)21-20(15)16(6-8-22-21)24-31(28,29)19-7-9-27(3)23-19/h4-9,12-13H,10-11H2,1-3H3,(H,22,24). The molecule has 10 heteroatoms. The van der Waals surface area contributed by atoms with Gasteiger partial charge in [0.25, 0.3) is 10.0 Å². The number of hydrogen-bond donors (Lipinski definition) is 1. The minimum absolute atomic E-state index is 0.0370. The Morgan fingerprint density at radius 2 is 1.97 bits per heavy atom. The lowest BCUT2D eigenvalue weighted by molar-refractivity contribution is 0.311. The molecule has 5 rings (SSSR count). The number of ether oxygens (including phenoxy) is 1. The van der Waals surface area contributed by atoms with Crippen LogP contribution in [0.15, 0.2) is 53.9 Å². The first-order valence-electron chi connectivity index (χ1n) is 9.78. The number of anilines is 2. The van der Waals surface area contributed by atoms with Crippen LogP contribution in [0.3, 0.4) is 0 Å².